The first kappa shape index (κ1) is 34.9. The molecule has 10 nitrogen and oxygen atoms in total. The lowest BCUT2D eigenvalue weighted by molar-refractivity contribution is -0.111. The number of hydrogen-bond donors (Lipinski definition) is 2. The van der Waals surface area contributed by atoms with Gasteiger partial charge in [0.2, 0.25) is 5.91 Å². The summed E-state index contributed by atoms with van der Waals surface area (Å²) in [6.45, 7) is 5.26. The number of ether oxygens (including phenoxy) is 1. The van der Waals surface area contributed by atoms with Crippen LogP contribution in [0.25, 0.3) is 10.9 Å². The molecule has 2 N–H and O–H groups in total. The molecule has 1 saturated heterocycles. The van der Waals surface area contributed by atoms with Crippen molar-refractivity contribution < 1.29 is 13.9 Å². The Balaban J connectivity index is 1.00. The van der Waals surface area contributed by atoms with Gasteiger partial charge in [-0.2, -0.15) is 0 Å². The molecule has 0 radical (unpaired) electrons. The van der Waals surface area contributed by atoms with Crippen molar-refractivity contribution in [1.29, 1.82) is 0 Å². The van der Waals surface area contributed by atoms with Crippen molar-refractivity contribution in [3.8, 4) is 5.75 Å². The maximum Gasteiger partial charge on any atom is 0.248 e. The topological polar surface area (TPSA) is 108 Å². The summed E-state index contributed by atoms with van der Waals surface area (Å²) in [4.78, 5) is 35.6. The Morgan fingerprint density at radius 1 is 1.00 bits per heavy atom. The van der Waals surface area contributed by atoms with E-state index in [1.54, 1.807) is 24.3 Å². The third-order valence-electron chi connectivity index (χ3n) is 8.81. The van der Waals surface area contributed by atoms with E-state index in [1.807, 2.05) is 42.7 Å². The summed E-state index contributed by atoms with van der Waals surface area (Å²) in [6, 6.07) is 19.9. The zero-order valence-corrected chi connectivity index (χ0v) is 28.7. The smallest absolute Gasteiger partial charge is 0.248 e. The van der Waals surface area contributed by atoms with E-state index in [1.165, 1.54) is 25.6 Å². The molecule has 2 aromatic carbocycles. The number of pyridine rings is 2. The molecule has 0 saturated carbocycles. The Hall–Kier alpha value is -4.97. The highest BCUT2D eigenvalue weighted by atomic mass is 35.5. The average Bonchev–Trinajstić information content (AvgIpc) is 3.13. The maximum atomic E-state index is 13.7. The molecule has 1 fully saturated rings. The molecule has 0 spiro atoms. The van der Waals surface area contributed by atoms with E-state index in [0.29, 0.717) is 46.3 Å². The molecule has 258 valence electrons. The second-order valence-electron chi connectivity index (χ2n) is 12.3. The summed E-state index contributed by atoms with van der Waals surface area (Å²) in [5, 5.41) is 6.73. The van der Waals surface area contributed by atoms with Crippen LogP contribution in [0.5, 0.6) is 5.75 Å². The number of nitrogens with zero attached hydrogens (tertiary/aromatic N) is 6. The van der Waals surface area contributed by atoms with Crippen LogP contribution in [0.1, 0.15) is 30.7 Å². The van der Waals surface area contributed by atoms with Crippen molar-refractivity contribution in [2.75, 3.05) is 43.9 Å². The van der Waals surface area contributed by atoms with Gasteiger partial charge in [0.05, 0.1) is 34.7 Å². The third-order valence-corrected chi connectivity index (χ3v) is 9.10. The number of piperidine rings is 1. The molecule has 0 unspecified atom stereocenters. The minimum absolute atomic E-state index is 0.00420. The molecular weight excluding hydrogens is 655 g/mol. The molecule has 1 aliphatic rings. The lowest BCUT2D eigenvalue weighted by Gasteiger charge is -2.32. The number of nitrogens with one attached hydrogen (secondary N) is 2. The van der Waals surface area contributed by atoms with E-state index in [-0.39, 0.29) is 10.9 Å². The van der Waals surface area contributed by atoms with Gasteiger partial charge in [-0.05, 0) is 93.3 Å². The first-order valence-corrected chi connectivity index (χ1v) is 17.1. The Bertz CT molecular complexity index is 1860. The number of halogens is 2. The maximum absolute atomic E-state index is 13.7. The number of rotatable bonds is 14. The Labute approximate surface area is 296 Å². The molecule has 6 rings (SSSR count). The monoisotopic (exact) mass is 694 g/mol. The Kier molecular flexibility index (Phi) is 11.9. The van der Waals surface area contributed by atoms with Gasteiger partial charge in [0.15, 0.2) is 0 Å². The van der Waals surface area contributed by atoms with Gasteiger partial charge in [0, 0.05) is 55.2 Å². The molecule has 0 atom stereocenters. The first-order chi connectivity index (χ1) is 24.4. The fourth-order valence-corrected chi connectivity index (χ4v) is 6.30. The number of hydrogen-bond acceptors (Lipinski definition) is 9. The molecule has 4 heterocycles. The number of amides is 1. The van der Waals surface area contributed by atoms with Gasteiger partial charge in [-0.15, -0.1) is 0 Å². The van der Waals surface area contributed by atoms with Crippen molar-refractivity contribution in [2.45, 2.75) is 32.4 Å². The van der Waals surface area contributed by atoms with Crippen molar-refractivity contribution in [1.82, 2.24) is 29.7 Å². The van der Waals surface area contributed by atoms with Crippen LogP contribution in [-0.2, 0) is 17.9 Å². The first-order valence-electron chi connectivity index (χ1n) is 16.7. The van der Waals surface area contributed by atoms with Crippen LogP contribution in [0, 0.1) is 11.7 Å². The minimum atomic E-state index is -0.510. The van der Waals surface area contributed by atoms with Gasteiger partial charge in [-0.25, -0.2) is 14.4 Å². The summed E-state index contributed by atoms with van der Waals surface area (Å²) in [6.07, 6.45) is 11.9. The van der Waals surface area contributed by atoms with Crippen LogP contribution in [0.3, 0.4) is 0 Å². The lowest BCUT2D eigenvalue weighted by Crippen LogP contribution is -2.35. The molecule has 50 heavy (non-hydrogen) atoms. The van der Waals surface area contributed by atoms with E-state index >= 15 is 0 Å². The van der Waals surface area contributed by atoms with Crippen LogP contribution >= 0.6 is 11.6 Å². The van der Waals surface area contributed by atoms with Crippen LogP contribution in [0.2, 0.25) is 5.02 Å². The van der Waals surface area contributed by atoms with Crippen molar-refractivity contribution in [3.05, 3.63) is 120 Å². The molecule has 1 amide bonds. The van der Waals surface area contributed by atoms with Gasteiger partial charge in [0.25, 0.3) is 0 Å². The van der Waals surface area contributed by atoms with Gasteiger partial charge in [-0.3, -0.25) is 24.6 Å². The highest BCUT2D eigenvalue weighted by molar-refractivity contribution is 6.31. The van der Waals surface area contributed by atoms with E-state index in [4.69, 9.17) is 16.3 Å². The number of methoxy groups -OCH3 is 1. The number of likely N-dealkylation sites (tertiary alicyclic amines) is 1. The fourth-order valence-electron chi connectivity index (χ4n) is 6.12. The van der Waals surface area contributed by atoms with Crippen LogP contribution < -0.4 is 15.4 Å². The highest BCUT2D eigenvalue weighted by Gasteiger charge is 2.20. The van der Waals surface area contributed by atoms with E-state index in [9.17, 15) is 9.18 Å². The summed E-state index contributed by atoms with van der Waals surface area (Å²) in [5.74, 6) is 0.815. The number of benzene rings is 2. The van der Waals surface area contributed by atoms with Gasteiger partial charge < -0.3 is 15.4 Å². The fraction of sp³-hybridized carbons (Fsp3) is 0.289. The zero-order valence-electron chi connectivity index (χ0n) is 27.9. The Morgan fingerprint density at radius 3 is 2.40 bits per heavy atom. The van der Waals surface area contributed by atoms with Crippen LogP contribution in [0.4, 0.5) is 21.6 Å². The van der Waals surface area contributed by atoms with E-state index in [0.717, 1.165) is 63.4 Å². The molecule has 5 aromatic rings. The van der Waals surface area contributed by atoms with Gasteiger partial charge in [0.1, 0.15) is 23.7 Å². The number of carbonyl (C=O) groups is 1. The molecule has 12 heteroatoms. The van der Waals surface area contributed by atoms with Crippen LogP contribution in [-0.4, -0.2) is 68.9 Å². The zero-order chi connectivity index (χ0) is 34.7. The number of aromatic nitrogens is 4. The number of fused-ring (bicyclic) bond motifs is 1. The lowest BCUT2D eigenvalue weighted by atomic mass is 9.93. The quantitative estimate of drug-likeness (QED) is 0.116. The Morgan fingerprint density at radius 2 is 1.74 bits per heavy atom. The van der Waals surface area contributed by atoms with Gasteiger partial charge >= 0.3 is 0 Å². The second-order valence-corrected chi connectivity index (χ2v) is 12.7. The number of carbonyl (C=O) groups excluding carboxylic acids is 1. The van der Waals surface area contributed by atoms with Crippen molar-refractivity contribution in [2.24, 2.45) is 5.92 Å². The molecule has 3 aromatic heterocycles. The minimum Gasteiger partial charge on any atom is -0.494 e. The average molecular weight is 695 g/mol. The SMILES string of the molecule is COc1cc2ncnc(Nc3ccc(F)c(Cl)c3)c2cc1NC(=O)/C=C\CN1CCC(CCN(Cc2ccccn2)Cc2ccccn2)CC1. The molecule has 0 bridgehead atoms. The number of anilines is 3. The van der Waals surface area contributed by atoms with Gasteiger partial charge in [-0.1, -0.05) is 29.8 Å². The molecule has 0 aliphatic carbocycles. The normalized spacial score (nSPS) is 14.0. The van der Waals surface area contributed by atoms with Crippen molar-refractivity contribution in [3.63, 3.8) is 0 Å². The summed E-state index contributed by atoms with van der Waals surface area (Å²) in [5.41, 5.74) is 3.78. The standard InChI is InChI=1S/C38H40ClFN8O2/c1-50-36-23-34-31(38(44-26-43-34)45-28-10-11-33(40)32(39)21-28)22-35(36)46-37(49)9-6-17-47-18-12-27(13-19-47)14-20-48(24-29-7-2-4-15-41-29)25-30-8-3-5-16-42-30/h2-11,15-16,21-23,26-27H,12-14,17-20,24-25H2,1H3,(H,46,49)(H,43,44,45)/b9-6-. The predicted molar refractivity (Wildman–Crippen MR) is 195 cm³/mol. The second kappa shape index (κ2) is 17.1. The van der Waals surface area contributed by atoms with Crippen molar-refractivity contribution >= 4 is 45.6 Å². The molecule has 1 aliphatic heterocycles. The summed E-state index contributed by atoms with van der Waals surface area (Å²) in [7, 11) is 1.54. The van der Waals surface area contributed by atoms with E-state index in [2.05, 4.69) is 52.5 Å². The predicted octanol–water partition coefficient (Wildman–Crippen LogP) is 7.26. The third kappa shape index (κ3) is 9.59. The van der Waals surface area contributed by atoms with Crippen LogP contribution in [0.15, 0.2) is 97.6 Å². The molecular formula is C38H40ClFN8O2. The van der Waals surface area contributed by atoms with E-state index < -0.39 is 5.82 Å². The highest BCUT2D eigenvalue weighted by Crippen LogP contribution is 2.33. The summed E-state index contributed by atoms with van der Waals surface area (Å²) < 4.78 is 19.2. The summed E-state index contributed by atoms with van der Waals surface area (Å²) >= 11 is 5.96. The largest absolute Gasteiger partial charge is 0.494 e.